The highest BCUT2D eigenvalue weighted by Gasteiger charge is 2.11. The van der Waals surface area contributed by atoms with Crippen molar-refractivity contribution < 1.29 is 9.53 Å². The molecule has 3 aromatic rings. The molecule has 0 bridgehead atoms. The number of hydrogen-bond acceptors (Lipinski definition) is 3. The van der Waals surface area contributed by atoms with Gasteiger partial charge >= 0.3 is 0 Å². The number of anilines is 1. The van der Waals surface area contributed by atoms with Crippen molar-refractivity contribution in [2.75, 3.05) is 12.4 Å². The van der Waals surface area contributed by atoms with Crippen molar-refractivity contribution in [3.8, 4) is 5.75 Å². The maximum atomic E-state index is 12.4. The van der Waals surface area contributed by atoms with Crippen LogP contribution in [0.5, 0.6) is 5.75 Å². The molecular formula is C15H12ClN3O2. The molecule has 1 N–H and O–H groups in total. The van der Waals surface area contributed by atoms with Crippen molar-refractivity contribution in [3.05, 3.63) is 59.5 Å². The lowest BCUT2D eigenvalue weighted by Crippen LogP contribution is -2.15. The summed E-state index contributed by atoms with van der Waals surface area (Å²) in [5.74, 6) is 0.325. The minimum absolute atomic E-state index is 0.236. The molecule has 1 aromatic carbocycles. The van der Waals surface area contributed by atoms with Crippen molar-refractivity contribution in [2.45, 2.75) is 0 Å². The molecule has 2 heterocycles. The lowest BCUT2D eigenvalue weighted by molar-refractivity contribution is 0.102. The summed E-state index contributed by atoms with van der Waals surface area (Å²) in [5, 5.41) is 3.25. The summed E-state index contributed by atoms with van der Waals surface area (Å²) in [4.78, 5) is 16.5. The van der Waals surface area contributed by atoms with E-state index in [1.54, 1.807) is 54.2 Å². The first-order valence-corrected chi connectivity index (χ1v) is 6.64. The third-order valence-corrected chi connectivity index (χ3v) is 3.37. The quantitative estimate of drug-likeness (QED) is 0.808. The number of hydrogen-bond donors (Lipinski definition) is 1. The van der Waals surface area contributed by atoms with E-state index in [4.69, 9.17) is 16.3 Å². The topological polar surface area (TPSA) is 55.6 Å². The smallest absolute Gasteiger partial charge is 0.272 e. The van der Waals surface area contributed by atoms with Crippen LogP contribution in [0.1, 0.15) is 10.5 Å². The molecule has 0 fully saturated rings. The summed E-state index contributed by atoms with van der Waals surface area (Å²) in [6.45, 7) is 0. The average Bonchev–Trinajstić information content (AvgIpc) is 2.95. The first-order chi connectivity index (χ1) is 10.2. The minimum atomic E-state index is -0.236. The zero-order valence-electron chi connectivity index (χ0n) is 11.2. The Morgan fingerprint density at radius 2 is 2.19 bits per heavy atom. The van der Waals surface area contributed by atoms with E-state index in [0.29, 0.717) is 22.2 Å². The summed E-state index contributed by atoms with van der Waals surface area (Å²) in [5.41, 5.74) is 1.82. The number of rotatable bonds is 3. The zero-order valence-corrected chi connectivity index (χ0v) is 12.0. The Hall–Kier alpha value is -2.53. The minimum Gasteiger partial charge on any atom is -0.495 e. The molecule has 3 rings (SSSR count). The van der Waals surface area contributed by atoms with E-state index in [1.165, 1.54) is 0 Å². The molecule has 5 nitrogen and oxygen atoms in total. The van der Waals surface area contributed by atoms with Crippen LogP contribution in [0.2, 0.25) is 5.02 Å². The number of nitrogens with zero attached hydrogens (tertiary/aromatic N) is 2. The van der Waals surface area contributed by atoms with Gasteiger partial charge < -0.3 is 10.1 Å². The molecule has 0 unspecified atom stereocenters. The van der Waals surface area contributed by atoms with Gasteiger partial charge in [-0.05, 0) is 30.3 Å². The highest BCUT2D eigenvalue weighted by Crippen LogP contribution is 2.27. The predicted molar refractivity (Wildman–Crippen MR) is 81.1 cm³/mol. The number of carbonyl (C=O) groups is 1. The molecule has 0 aliphatic rings. The third kappa shape index (κ3) is 2.55. The van der Waals surface area contributed by atoms with Crippen LogP contribution in [-0.4, -0.2) is 22.4 Å². The summed E-state index contributed by atoms with van der Waals surface area (Å²) < 4.78 is 6.80. The molecule has 0 aliphatic heterocycles. The van der Waals surface area contributed by atoms with Crippen molar-refractivity contribution in [2.24, 2.45) is 0 Å². The second-order valence-corrected chi connectivity index (χ2v) is 4.78. The maximum Gasteiger partial charge on any atom is 0.272 e. The van der Waals surface area contributed by atoms with Gasteiger partial charge in [-0.2, -0.15) is 0 Å². The summed E-state index contributed by atoms with van der Waals surface area (Å²) in [6.07, 6.45) is 3.39. The number of halogens is 1. The molecule has 6 heteroatoms. The Balaban J connectivity index is 1.89. The maximum absolute atomic E-state index is 12.4. The largest absolute Gasteiger partial charge is 0.495 e. The molecule has 2 aromatic heterocycles. The lowest BCUT2D eigenvalue weighted by atomic mass is 10.2. The molecule has 0 radical (unpaired) electrons. The number of benzene rings is 1. The van der Waals surface area contributed by atoms with Crippen LogP contribution in [-0.2, 0) is 0 Å². The highest BCUT2D eigenvalue weighted by atomic mass is 35.5. The first kappa shape index (κ1) is 13.5. The number of pyridine rings is 1. The van der Waals surface area contributed by atoms with Crippen molar-refractivity contribution >= 4 is 28.8 Å². The van der Waals surface area contributed by atoms with Gasteiger partial charge in [0.05, 0.1) is 12.1 Å². The monoisotopic (exact) mass is 301 g/mol. The first-order valence-electron chi connectivity index (χ1n) is 6.26. The number of amides is 1. The van der Waals surface area contributed by atoms with Gasteiger partial charge in [0.1, 0.15) is 17.1 Å². The Morgan fingerprint density at radius 1 is 1.33 bits per heavy atom. The van der Waals surface area contributed by atoms with E-state index >= 15 is 0 Å². The molecule has 0 atom stereocenters. The number of methoxy groups -OCH3 is 1. The van der Waals surface area contributed by atoms with E-state index in [0.717, 1.165) is 5.65 Å². The number of nitrogens with one attached hydrogen (secondary N) is 1. The normalized spacial score (nSPS) is 10.6. The summed E-state index contributed by atoms with van der Waals surface area (Å²) in [7, 11) is 1.54. The summed E-state index contributed by atoms with van der Waals surface area (Å²) >= 11 is 6.05. The lowest BCUT2D eigenvalue weighted by Gasteiger charge is -2.09. The average molecular weight is 302 g/mol. The fourth-order valence-electron chi connectivity index (χ4n) is 2.07. The van der Waals surface area contributed by atoms with Gasteiger partial charge in [0.15, 0.2) is 0 Å². The predicted octanol–water partition coefficient (Wildman–Crippen LogP) is 3.25. The Kier molecular flexibility index (Phi) is 3.50. The fourth-order valence-corrected chi connectivity index (χ4v) is 2.33. The van der Waals surface area contributed by atoms with E-state index in [9.17, 15) is 4.79 Å². The van der Waals surface area contributed by atoms with Crippen molar-refractivity contribution in [1.82, 2.24) is 9.38 Å². The van der Waals surface area contributed by atoms with Crippen LogP contribution < -0.4 is 10.1 Å². The second-order valence-electron chi connectivity index (χ2n) is 4.37. The number of fused-ring (bicyclic) bond motifs is 1. The van der Waals surface area contributed by atoms with Crippen LogP contribution in [0, 0.1) is 0 Å². The summed E-state index contributed by atoms with van der Waals surface area (Å²) in [6, 6.07) is 10.4. The molecule has 106 valence electrons. The van der Waals surface area contributed by atoms with Crippen LogP contribution in [0.25, 0.3) is 5.65 Å². The molecule has 21 heavy (non-hydrogen) atoms. The zero-order chi connectivity index (χ0) is 14.8. The van der Waals surface area contributed by atoms with Gasteiger partial charge in [0.2, 0.25) is 0 Å². The standard InChI is InChI=1S/C15H12ClN3O2/c1-21-13-6-5-10(9-11(13)16)18-15(20)12-3-2-4-14-17-7-8-19(12)14/h2-9H,1H3,(H,18,20). The molecule has 0 saturated heterocycles. The number of ether oxygens (including phenoxy) is 1. The molecule has 1 amide bonds. The molecular weight excluding hydrogens is 290 g/mol. The van der Waals surface area contributed by atoms with E-state index < -0.39 is 0 Å². The Morgan fingerprint density at radius 3 is 2.95 bits per heavy atom. The highest BCUT2D eigenvalue weighted by molar-refractivity contribution is 6.32. The molecule has 0 saturated carbocycles. The van der Waals surface area contributed by atoms with Gasteiger partial charge in [-0.25, -0.2) is 4.98 Å². The van der Waals surface area contributed by atoms with Gasteiger partial charge in [-0.3, -0.25) is 9.20 Å². The third-order valence-electron chi connectivity index (χ3n) is 3.07. The van der Waals surface area contributed by atoms with Crippen LogP contribution in [0.3, 0.4) is 0 Å². The number of imidazole rings is 1. The fraction of sp³-hybridized carbons (Fsp3) is 0.0667. The number of carbonyl (C=O) groups excluding carboxylic acids is 1. The van der Waals surface area contributed by atoms with E-state index in [1.807, 2.05) is 6.07 Å². The van der Waals surface area contributed by atoms with Gasteiger partial charge in [-0.1, -0.05) is 17.7 Å². The Bertz CT molecular complexity index is 814. The van der Waals surface area contributed by atoms with Gasteiger partial charge in [-0.15, -0.1) is 0 Å². The second kappa shape index (κ2) is 5.46. The van der Waals surface area contributed by atoms with Crippen LogP contribution in [0.4, 0.5) is 5.69 Å². The van der Waals surface area contributed by atoms with E-state index in [-0.39, 0.29) is 5.91 Å². The van der Waals surface area contributed by atoms with Crippen LogP contribution >= 0.6 is 11.6 Å². The molecule has 0 spiro atoms. The Labute approximate surface area is 126 Å². The van der Waals surface area contributed by atoms with Crippen molar-refractivity contribution in [1.29, 1.82) is 0 Å². The van der Waals surface area contributed by atoms with Crippen molar-refractivity contribution in [3.63, 3.8) is 0 Å². The SMILES string of the molecule is COc1ccc(NC(=O)c2cccc3nccn23)cc1Cl. The van der Waals surface area contributed by atoms with E-state index in [2.05, 4.69) is 10.3 Å². The number of aromatic nitrogens is 2. The molecule has 0 aliphatic carbocycles. The van der Waals surface area contributed by atoms with Gasteiger partial charge in [0.25, 0.3) is 5.91 Å². The van der Waals surface area contributed by atoms with Crippen LogP contribution in [0.15, 0.2) is 48.8 Å². The van der Waals surface area contributed by atoms with Gasteiger partial charge in [0, 0.05) is 18.1 Å².